The third-order valence-corrected chi connectivity index (χ3v) is 11.3. The second-order valence-electron chi connectivity index (χ2n) is 14.6. The highest BCUT2D eigenvalue weighted by atomic mass is 19.1. The highest BCUT2D eigenvalue weighted by Gasteiger charge is 2.50. The number of phenolic OH excluding ortho intramolecular Hbond substituents is 1. The van der Waals surface area contributed by atoms with Crippen molar-refractivity contribution >= 4 is 22.8 Å². The predicted octanol–water partition coefficient (Wildman–Crippen LogP) is 5.45. The number of ether oxygens (including phenoxy) is 1. The van der Waals surface area contributed by atoms with Crippen molar-refractivity contribution < 1.29 is 23.0 Å². The van der Waals surface area contributed by atoms with E-state index in [1.54, 1.807) is 0 Å². The van der Waals surface area contributed by atoms with Gasteiger partial charge in [0.05, 0.1) is 12.2 Å². The van der Waals surface area contributed by atoms with Crippen LogP contribution in [0.3, 0.4) is 0 Å². The number of piperidine rings is 1. The van der Waals surface area contributed by atoms with Gasteiger partial charge >= 0.3 is 6.01 Å². The molecule has 0 radical (unpaired) electrons. The standard InChI is InChI=1S/C37H41F3N6O2/c1-2-3-4-21-11-27(47)14-28(30(21)16-38)32-31(39)15-29-34(33(32)40)43-36(44-35(29)45-17-23-5-6-24(18-45)42-23)48-20-37(9-10-37)19-46-25-7-8-26(46)13-22(41)12-25/h1,3-4,11,14-15,22-26,42,47H,5-10,12-13,16-20,41H2/b4-3-. The predicted molar refractivity (Wildman–Crippen MR) is 179 cm³/mol. The number of terminal acetylenes is 1. The lowest BCUT2D eigenvalue weighted by Crippen LogP contribution is -2.51. The van der Waals surface area contributed by atoms with Crippen molar-refractivity contribution in [2.75, 3.05) is 31.1 Å². The van der Waals surface area contributed by atoms with Crippen LogP contribution in [0, 0.1) is 29.4 Å². The minimum Gasteiger partial charge on any atom is -0.508 e. The second kappa shape index (κ2) is 12.2. The molecule has 4 saturated heterocycles. The van der Waals surface area contributed by atoms with Crippen LogP contribution in [0.25, 0.3) is 28.1 Å². The third kappa shape index (κ3) is 5.67. The van der Waals surface area contributed by atoms with E-state index in [2.05, 4.69) is 26.0 Å². The number of rotatable bonds is 9. The molecule has 5 heterocycles. The summed E-state index contributed by atoms with van der Waals surface area (Å²) in [6.45, 7) is 1.57. The summed E-state index contributed by atoms with van der Waals surface area (Å²) >= 11 is 0. The summed E-state index contributed by atoms with van der Waals surface area (Å²) in [5.74, 6) is 0.597. The third-order valence-electron chi connectivity index (χ3n) is 11.3. The number of allylic oxidation sites excluding steroid dienone is 1. The van der Waals surface area contributed by atoms with Crippen molar-refractivity contribution in [3.05, 3.63) is 47.0 Å². The number of nitrogens with one attached hydrogen (secondary N) is 1. The van der Waals surface area contributed by atoms with Crippen molar-refractivity contribution in [1.29, 1.82) is 0 Å². The van der Waals surface area contributed by atoms with Crippen LogP contribution in [-0.2, 0) is 6.67 Å². The first kappa shape index (κ1) is 31.4. The van der Waals surface area contributed by atoms with E-state index in [-0.39, 0.29) is 62.9 Å². The molecular weight excluding hydrogens is 617 g/mol. The van der Waals surface area contributed by atoms with Crippen molar-refractivity contribution in [3.8, 4) is 35.2 Å². The van der Waals surface area contributed by atoms with E-state index in [0.717, 1.165) is 45.1 Å². The number of nitrogens with two attached hydrogens (primary N) is 1. The summed E-state index contributed by atoms with van der Waals surface area (Å²) in [6.07, 6.45) is 16.6. The van der Waals surface area contributed by atoms with Gasteiger partial charge in [-0.25, -0.2) is 13.2 Å². The number of alkyl halides is 1. The molecule has 4 atom stereocenters. The molecule has 8 rings (SSSR count). The lowest BCUT2D eigenvalue weighted by molar-refractivity contribution is 0.0808. The topological polar surface area (TPSA) is 99.8 Å². The summed E-state index contributed by atoms with van der Waals surface area (Å²) in [5.41, 5.74) is 5.83. The molecule has 4 N–H and O–H groups in total. The van der Waals surface area contributed by atoms with Gasteiger partial charge in [-0.2, -0.15) is 9.97 Å². The molecule has 0 spiro atoms. The van der Waals surface area contributed by atoms with Crippen molar-refractivity contribution in [1.82, 2.24) is 20.2 Å². The Hall–Kier alpha value is -3.85. The van der Waals surface area contributed by atoms with Crippen LogP contribution < -0.4 is 20.7 Å². The molecule has 1 aromatic heterocycles. The fourth-order valence-electron chi connectivity index (χ4n) is 8.72. The Kier molecular flexibility index (Phi) is 8.01. The van der Waals surface area contributed by atoms with Crippen molar-refractivity contribution in [2.24, 2.45) is 11.1 Å². The largest absolute Gasteiger partial charge is 0.508 e. The molecule has 5 fully saturated rings. The molecule has 2 aromatic carbocycles. The quantitative estimate of drug-likeness (QED) is 0.261. The van der Waals surface area contributed by atoms with Crippen LogP contribution in [0.2, 0.25) is 0 Å². The van der Waals surface area contributed by atoms with Gasteiger partial charge in [-0.3, -0.25) is 4.90 Å². The van der Waals surface area contributed by atoms with E-state index in [9.17, 15) is 9.50 Å². The molecular formula is C37H41F3N6O2. The van der Waals surface area contributed by atoms with Crippen LogP contribution >= 0.6 is 0 Å². The van der Waals surface area contributed by atoms with Gasteiger partial charge in [-0.05, 0) is 98.4 Å². The smallest absolute Gasteiger partial charge is 0.319 e. The zero-order valence-electron chi connectivity index (χ0n) is 26.9. The Morgan fingerprint density at radius 2 is 1.81 bits per heavy atom. The minimum atomic E-state index is -1.03. The lowest BCUT2D eigenvalue weighted by atomic mass is 9.93. The lowest BCUT2D eigenvalue weighted by Gasteiger charge is -2.39. The molecule has 48 heavy (non-hydrogen) atoms. The molecule has 252 valence electrons. The van der Waals surface area contributed by atoms with Gasteiger partial charge in [-0.1, -0.05) is 5.92 Å². The van der Waals surface area contributed by atoms with Gasteiger partial charge in [-0.15, -0.1) is 6.42 Å². The zero-order valence-corrected chi connectivity index (χ0v) is 26.9. The Morgan fingerprint density at radius 1 is 1.08 bits per heavy atom. The van der Waals surface area contributed by atoms with Crippen LogP contribution in [0.1, 0.15) is 62.5 Å². The molecule has 4 unspecified atom stereocenters. The first-order chi connectivity index (χ1) is 23.2. The van der Waals surface area contributed by atoms with Crippen LogP contribution in [0.5, 0.6) is 11.8 Å². The average molecular weight is 659 g/mol. The van der Waals surface area contributed by atoms with E-state index < -0.39 is 23.9 Å². The van der Waals surface area contributed by atoms with Gasteiger partial charge in [0.2, 0.25) is 0 Å². The maximum Gasteiger partial charge on any atom is 0.319 e. The number of halogens is 3. The van der Waals surface area contributed by atoms with Gasteiger partial charge < -0.3 is 25.8 Å². The number of anilines is 1. The first-order valence-electron chi connectivity index (χ1n) is 17.1. The Morgan fingerprint density at radius 3 is 2.48 bits per heavy atom. The minimum absolute atomic E-state index is 0.00388. The molecule has 1 saturated carbocycles. The van der Waals surface area contributed by atoms with Gasteiger partial charge in [0.25, 0.3) is 0 Å². The van der Waals surface area contributed by atoms with E-state index in [1.165, 1.54) is 43.2 Å². The van der Waals surface area contributed by atoms with E-state index in [4.69, 9.17) is 21.9 Å². The fourth-order valence-corrected chi connectivity index (χ4v) is 8.72. The summed E-state index contributed by atoms with van der Waals surface area (Å²) in [7, 11) is 0. The summed E-state index contributed by atoms with van der Waals surface area (Å²) < 4.78 is 53.7. The molecule has 1 aliphatic carbocycles. The van der Waals surface area contributed by atoms with Crippen LogP contribution in [-0.4, -0.2) is 76.4 Å². The number of benzene rings is 2. The molecule has 3 aromatic rings. The van der Waals surface area contributed by atoms with E-state index >= 15 is 8.78 Å². The number of phenols is 1. The number of hydrogen-bond donors (Lipinski definition) is 3. The number of aromatic hydroxyl groups is 1. The molecule has 4 aliphatic heterocycles. The maximum atomic E-state index is 16.8. The van der Waals surface area contributed by atoms with Gasteiger partial charge in [0.15, 0.2) is 5.82 Å². The second-order valence-corrected chi connectivity index (χ2v) is 14.6. The fraction of sp³-hybridized carbons (Fsp3) is 0.514. The van der Waals surface area contributed by atoms with E-state index in [0.29, 0.717) is 37.6 Å². The highest BCUT2D eigenvalue weighted by Crippen LogP contribution is 2.50. The maximum absolute atomic E-state index is 16.8. The summed E-state index contributed by atoms with van der Waals surface area (Å²) in [6, 6.07) is 5.54. The molecule has 0 amide bonds. The molecule has 8 nitrogen and oxygen atoms in total. The Balaban J connectivity index is 1.18. The normalized spacial score (nSPS) is 27.6. The number of nitrogens with zero attached hydrogens (tertiary/aromatic N) is 4. The van der Waals surface area contributed by atoms with Crippen LogP contribution in [0.4, 0.5) is 19.0 Å². The number of hydrogen-bond acceptors (Lipinski definition) is 8. The highest BCUT2D eigenvalue weighted by molar-refractivity contribution is 5.94. The molecule has 11 heteroatoms. The number of fused-ring (bicyclic) bond motifs is 5. The van der Waals surface area contributed by atoms with Gasteiger partial charge in [0, 0.05) is 60.6 Å². The average Bonchev–Trinajstić information content (AvgIpc) is 3.69. The Labute approximate surface area is 278 Å². The summed E-state index contributed by atoms with van der Waals surface area (Å²) in [5, 5.41) is 14.3. The number of aromatic nitrogens is 2. The monoisotopic (exact) mass is 658 g/mol. The SMILES string of the molecule is C#C/C=C\c1cc(O)cc(-c2c(F)cc3c(N4CC5CCC(C4)N5)nc(OCC4(CN5C6CCC5CC(N)C6)CC4)nc3c2F)c1CF. The Bertz CT molecular complexity index is 1800. The first-order valence-corrected chi connectivity index (χ1v) is 17.1. The number of piperazine rings is 1. The summed E-state index contributed by atoms with van der Waals surface area (Å²) in [4.78, 5) is 14.0. The molecule has 4 bridgehead atoms. The molecule has 5 aliphatic rings. The van der Waals surface area contributed by atoms with E-state index in [1.807, 2.05) is 0 Å². The van der Waals surface area contributed by atoms with Gasteiger partial charge in [0.1, 0.15) is 29.6 Å². The van der Waals surface area contributed by atoms with Crippen molar-refractivity contribution in [3.63, 3.8) is 0 Å². The zero-order chi connectivity index (χ0) is 33.2. The van der Waals surface area contributed by atoms with Crippen LogP contribution in [0.15, 0.2) is 24.3 Å². The van der Waals surface area contributed by atoms with Crippen molar-refractivity contribution in [2.45, 2.75) is 88.3 Å².